The maximum absolute atomic E-state index is 11.8. The summed E-state index contributed by atoms with van der Waals surface area (Å²) in [6, 6.07) is 0. The third-order valence-electron chi connectivity index (χ3n) is 3.14. The topological polar surface area (TPSA) is 109 Å². The average molecular weight is 313 g/mol. The summed E-state index contributed by atoms with van der Waals surface area (Å²) in [5.41, 5.74) is 0. The molecule has 0 saturated carbocycles. The molecule has 0 bridgehead atoms. The van der Waals surface area contributed by atoms with E-state index in [1.165, 1.54) is 4.90 Å². The van der Waals surface area contributed by atoms with Gasteiger partial charge in [-0.1, -0.05) is 0 Å². The smallest absolute Gasteiger partial charge is 0.407 e. The molecule has 1 aliphatic rings. The van der Waals surface area contributed by atoms with Crippen LogP contribution in [0.1, 0.15) is 12.8 Å². The van der Waals surface area contributed by atoms with Crippen molar-refractivity contribution < 1.29 is 26.7 Å². The Morgan fingerprint density at radius 2 is 1.68 bits per heavy atom. The van der Waals surface area contributed by atoms with Crippen LogP contribution in [0.25, 0.3) is 0 Å². The number of sulfone groups is 2. The van der Waals surface area contributed by atoms with Crippen molar-refractivity contribution in [3.05, 3.63) is 0 Å². The van der Waals surface area contributed by atoms with Crippen LogP contribution >= 0.6 is 0 Å². The number of piperidine rings is 1. The molecule has 1 heterocycles. The summed E-state index contributed by atoms with van der Waals surface area (Å²) in [6.07, 6.45) is 1.03. The Labute approximate surface area is 113 Å². The van der Waals surface area contributed by atoms with Crippen LogP contribution in [0, 0.1) is 5.92 Å². The van der Waals surface area contributed by atoms with Gasteiger partial charge < -0.3 is 10.0 Å². The van der Waals surface area contributed by atoms with Crippen molar-refractivity contribution in [1.29, 1.82) is 0 Å². The van der Waals surface area contributed by atoms with Crippen molar-refractivity contribution in [3.8, 4) is 0 Å². The van der Waals surface area contributed by atoms with E-state index in [1.54, 1.807) is 0 Å². The second-order valence-corrected chi connectivity index (χ2v) is 9.45. The molecule has 1 N–H and O–H groups in total. The minimum absolute atomic E-state index is 0.0595. The number of hydrogen-bond donors (Lipinski definition) is 1. The minimum Gasteiger partial charge on any atom is -0.465 e. The Balaban J connectivity index is 2.45. The second-order valence-electron chi connectivity index (χ2n) is 4.96. The van der Waals surface area contributed by atoms with Gasteiger partial charge in [0.25, 0.3) is 0 Å². The molecule has 1 fully saturated rings. The number of carbonyl (C=O) groups is 1. The fraction of sp³-hybridized carbons (Fsp3) is 0.900. The number of nitrogens with zero attached hydrogens (tertiary/aromatic N) is 1. The first-order valence-electron chi connectivity index (χ1n) is 5.95. The van der Waals surface area contributed by atoms with Crippen LogP contribution < -0.4 is 0 Å². The summed E-state index contributed by atoms with van der Waals surface area (Å²) in [4.78, 5) is 12.0. The fourth-order valence-corrected chi connectivity index (χ4v) is 5.46. The number of hydrogen-bond acceptors (Lipinski definition) is 5. The highest BCUT2D eigenvalue weighted by atomic mass is 32.2. The van der Waals surface area contributed by atoms with E-state index in [0.717, 1.165) is 6.26 Å². The summed E-state index contributed by atoms with van der Waals surface area (Å²) in [6.45, 7) is 0.670. The highest BCUT2D eigenvalue weighted by Gasteiger charge is 2.26. The van der Waals surface area contributed by atoms with Crippen molar-refractivity contribution >= 4 is 25.8 Å². The van der Waals surface area contributed by atoms with Crippen molar-refractivity contribution in [3.63, 3.8) is 0 Å². The predicted molar refractivity (Wildman–Crippen MR) is 70.7 cm³/mol. The molecule has 1 rings (SSSR count). The maximum atomic E-state index is 11.8. The number of likely N-dealkylation sites (tertiary alicyclic amines) is 1. The molecule has 9 heteroatoms. The van der Waals surface area contributed by atoms with E-state index in [0.29, 0.717) is 25.9 Å². The van der Waals surface area contributed by atoms with Crippen LogP contribution in [-0.4, -0.2) is 69.5 Å². The van der Waals surface area contributed by atoms with Gasteiger partial charge in [0.2, 0.25) is 0 Å². The van der Waals surface area contributed by atoms with E-state index >= 15 is 0 Å². The normalized spacial score (nSPS) is 18.5. The summed E-state index contributed by atoms with van der Waals surface area (Å²) in [5, 5.41) is 8.77. The highest BCUT2D eigenvalue weighted by Crippen LogP contribution is 2.19. The first-order valence-corrected chi connectivity index (χ1v) is 9.83. The van der Waals surface area contributed by atoms with Gasteiger partial charge in [0.1, 0.15) is 9.84 Å². The minimum atomic E-state index is -3.40. The van der Waals surface area contributed by atoms with Crippen LogP contribution in [0.5, 0.6) is 0 Å². The van der Waals surface area contributed by atoms with Crippen molar-refractivity contribution in [2.24, 2.45) is 5.92 Å². The van der Waals surface area contributed by atoms with Crippen LogP contribution in [-0.2, 0) is 19.7 Å². The third kappa shape index (κ3) is 6.24. The van der Waals surface area contributed by atoms with Gasteiger partial charge >= 0.3 is 6.09 Å². The lowest BCUT2D eigenvalue weighted by Crippen LogP contribution is -2.39. The SMILES string of the molecule is CS(=O)(=O)CCS(=O)(=O)CC1CCN(C(=O)O)CC1. The summed E-state index contributed by atoms with van der Waals surface area (Å²) in [7, 11) is -6.68. The molecule has 0 spiro atoms. The van der Waals surface area contributed by atoms with E-state index in [2.05, 4.69) is 0 Å². The number of rotatable bonds is 5. The molecule has 1 saturated heterocycles. The zero-order valence-electron chi connectivity index (χ0n) is 10.8. The van der Waals surface area contributed by atoms with Crippen LogP contribution in [0.3, 0.4) is 0 Å². The molecule has 0 aromatic heterocycles. The Morgan fingerprint density at radius 3 is 2.11 bits per heavy atom. The van der Waals surface area contributed by atoms with Gasteiger partial charge in [0.15, 0.2) is 9.84 Å². The third-order valence-corrected chi connectivity index (χ3v) is 6.15. The first kappa shape index (κ1) is 16.2. The van der Waals surface area contributed by atoms with Gasteiger partial charge in [-0.25, -0.2) is 21.6 Å². The lowest BCUT2D eigenvalue weighted by Gasteiger charge is -2.29. The molecule has 7 nitrogen and oxygen atoms in total. The molecule has 0 atom stereocenters. The summed E-state index contributed by atoms with van der Waals surface area (Å²) >= 11 is 0. The molecule has 0 unspecified atom stereocenters. The van der Waals surface area contributed by atoms with Gasteiger partial charge in [-0.3, -0.25) is 0 Å². The lowest BCUT2D eigenvalue weighted by atomic mass is 9.99. The van der Waals surface area contributed by atoms with E-state index in [9.17, 15) is 21.6 Å². The second kappa shape index (κ2) is 6.08. The van der Waals surface area contributed by atoms with Gasteiger partial charge in [-0.2, -0.15) is 0 Å². The standard InChI is InChI=1S/C10H19NO6S2/c1-18(14,15)6-7-19(16,17)8-9-2-4-11(5-3-9)10(12)13/h9H,2-8H2,1H3,(H,12,13). The predicted octanol–water partition coefficient (Wildman–Crippen LogP) is -0.164. The van der Waals surface area contributed by atoms with Crippen LogP contribution in [0.4, 0.5) is 4.79 Å². The zero-order valence-corrected chi connectivity index (χ0v) is 12.4. The molecule has 0 aromatic carbocycles. The van der Waals surface area contributed by atoms with Crippen LogP contribution in [0.15, 0.2) is 0 Å². The molecule has 1 amide bonds. The van der Waals surface area contributed by atoms with E-state index < -0.39 is 25.8 Å². The Bertz CT molecular complexity index is 516. The monoisotopic (exact) mass is 313 g/mol. The zero-order chi connectivity index (χ0) is 14.7. The number of carboxylic acid groups (broad SMARTS) is 1. The Hall–Kier alpha value is -0.830. The van der Waals surface area contributed by atoms with E-state index in [1.807, 2.05) is 0 Å². The van der Waals surface area contributed by atoms with E-state index in [-0.39, 0.29) is 23.2 Å². The van der Waals surface area contributed by atoms with Gasteiger partial charge in [0, 0.05) is 19.3 Å². The molecule has 0 radical (unpaired) electrons. The molecule has 0 aliphatic carbocycles. The molecular weight excluding hydrogens is 294 g/mol. The fourth-order valence-electron chi connectivity index (χ4n) is 2.01. The average Bonchev–Trinajstić information content (AvgIpc) is 2.26. The molecule has 19 heavy (non-hydrogen) atoms. The Morgan fingerprint density at radius 1 is 1.16 bits per heavy atom. The summed E-state index contributed by atoms with van der Waals surface area (Å²) in [5.74, 6) is -0.857. The largest absolute Gasteiger partial charge is 0.465 e. The van der Waals surface area contributed by atoms with Gasteiger partial charge in [-0.05, 0) is 18.8 Å². The van der Waals surface area contributed by atoms with Crippen molar-refractivity contribution in [1.82, 2.24) is 4.90 Å². The first-order chi connectivity index (χ1) is 8.59. The molecule has 112 valence electrons. The molecule has 1 aliphatic heterocycles. The lowest BCUT2D eigenvalue weighted by molar-refractivity contribution is 0.127. The highest BCUT2D eigenvalue weighted by molar-refractivity contribution is 7.94. The van der Waals surface area contributed by atoms with Crippen molar-refractivity contribution in [2.75, 3.05) is 36.6 Å². The van der Waals surface area contributed by atoms with Gasteiger partial charge in [0.05, 0.1) is 17.3 Å². The van der Waals surface area contributed by atoms with Crippen LogP contribution in [0.2, 0.25) is 0 Å². The Kier molecular flexibility index (Phi) is 5.19. The summed E-state index contributed by atoms with van der Waals surface area (Å²) < 4.78 is 45.4. The van der Waals surface area contributed by atoms with Crippen molar-refractivity contribution in [2.45, 2.75) is 12.8 Å². The van der Waals surface area contributed by atoms with Gasteiger partial charge in [-0.15, -0.1) is 0 Å². The number of amides is 1. The molecular formula is C10H19NO6S2. The maximum Gasteiger partial charge on any atom is 0.407 e. The van der Waals surface area contributed by atoms with E-state index in [4.69, 9.17) is 5.11 Å². The molecule has 0 aromatic rings. The quantitative estimate of drug-likeness (QED) is 0.755.